The highest BCUT2D eigenvalue weighted by molar-refractivity contribution is 14.1. The first-order chi connectivity index (χ1) is 10.0. The van der Waals surface area contributed by atoms with Gasteiger partial charge in [-0.25, -0.2) is 0 Å². The van der Waals surface area contributed by atoms with E-state index in [1.807, 2.05) is 47.9 Å². The van der Waals surface area contributed by atoms with Gasteiger partial charge in [0.15, 0.2) is 0 Å². The minimum absolute atomic E-state index is 0.0160. The summed E-state index contributed by atoms with van der Waals surface area (Å²) in [6.45, 7) is 6.54. The highest BCUT2D eigenvalue weighted by Gasteiger charge is 2.24. The summed E-state index contributed by atoms with van der Waals surface area (Å²) < 4.78 is 0.972. The lowest BCUT2D eigenvalue weighted by molar-refractivity contribution is -0.134. The van der Waals surface area contributed by atoms with Crippen LogP contribution < -0.4 is 0 Å². The fraction of sp³-hybridized carbons (Fsp3) is 0.500. The van der Waals surface area contributed by atoms with Gasteiger partial charge in [-0.3, -0.25) is 9.59 Å². The molecule has 114 valence electrons. The lowest BCUT2D eigenvalue weighted by Crippen LogP contribution is -2.39. The van der Waals surface area contributed by atoms with Gasteiger partial charge in [-0.1, -0.05) is 26.0 Å². The summed E-state index contributed by atoms with van der Waals surface area (Å²) in [6, 6.07) is 7.64. The predicted octanol–water partition coefficient (Wildman–Crippen LogP) is 2.62. The number of carbonyl (C=O) groups excluding carboxylic acids is 2. The summed E-state index contributed by atoms with van der Waals surface area (Å²) >= 11 is 2.19. The molecule has 1 fully saturated rings. The maximum atomic E-state index is 12.6. The molecule has 1 aromatic rings. The third-order valence-corrected chi connectivity index (χ3v) is 4.63. The molecule has 2 amide bonds. The van der Waals surface area contributed by atoms with Crippen molar-refractivity contribution in [1.29, 1.82) is 0 Å². The molecule has 0 aliphatic carbocycles. The lowest BCUT2D eigenvalue weighted by atomic mass is 10.2. The zero-order valence-corrected chi connectivity index (χ0v) is 14.7. The van der Waals surface area contributed by atoms with Crippen LogP contribution in [0.5, 0.6) is 0 Å². The monoisotopic (exact) mass is 400 g/mol. The number of hydrogen-bond acceptors (Lipinski definition) is 2. The SMILES string of the molecule is CC(C)C(=O)N1CCCN(C(=O)c2ccccc2I)CC1. The Bertz CT molecular complexity index is 531. The largest absolute Gasteiger partial charge is 0.341 e. The van der Waals surface area contributed by atoms with Crippen LogP contribution in [-0.2, 0) is 4.79 Å². The fourth-order valence-corrected chi connectivity index (χ4v) is 3.13. The number of carbonyl (C=O) groups is 2. The molecular weight excluding hydrogens is 379 g/mol. The average molecular weight is 400 g/mol. The minimum atomic E-state index is 0.0160. The van der Waals surface area contributed by atoms with E-state index in [0.29, 0.717) is 19.6 Å². The number of hydrogen-bond donors (Lipinski definition) is 0. The summed E-state index contributed by atoms with van der Waals surface area (Å²) in [6.07, 6.45) is 0.841. The molecule has 1 aliphatic heterocycles. The number of amides is 2. The van der Waals surface area contributed by atoms with E-state index in [9.17, 15) is 9.59 Å². The minimum Gasteiger partial charge on any atom is -0.341 e. The van der Waals surface area contributed by atoms with E-state index in [-0.39, 0.29) is 17.7 Å². The van der Waals surface area contributed by atoms with Gasteiger partial charge in [0.25, 0.3) is 5.91 Å². The van der Waals surface area contributed by atoms with Crippen LogP contribution in [0.3, 0.4) is 0 Å². The van der Waals surface area contributed by atoms with Gasteiger partial charge in [0.05, 0.1) is 5.56 Å². The van der Waals surface area contributed by atoms with E-state index in [1.165, 1.54) is 0 Å². The highest BCUT2D eigenvalue weighted by Crippen LogP contribution is 2.16. The van der Waals surface area contributed by atoms with Gasteiger partial charge in [-0.05, 0) is 41.1 Å². The van der Waals surface area contributed by atoms with Crippen LogP contribution in [0, 0.1) is 9.49 Å². The summed E-state index contributed by atoms with van der Waals surface area (Å²) in [5.74, 6) is 0.264. The summed E-state index contributed by atoms with van der Waals surface area (Å²) in [5, 5.41) is 0. The summed E-state index contributed by atoms with van der Waals surface area (Å²) in [7, 11) is 0. The molecule has 0 unspecified atom stereocenters. The van der Waals surface area contributed by atoms with Crippen molar-refractivity contribution in [2.45, 2.75) is 20.3 Å². The molecule has 0 bridgehead atoms. The van der Waals surface area contributed by atoms with Crippen molar-refractivity contribution in [3.63, 3.8) is 0 Å². The van der Waals surface area contributed by atoms with E-state index in [2.05, 4.69) is 22.6 Å². The molecule has 1 saturated heterocycles. The molecule has 21 heavy (non-hydrogen) atoms. The van der Waals surface area contributed by atoms with Crippen LogP contribution in [0.4, 0.5) is 0 Å². The maximum absolute atomic E-state index is 12.6. The third-order valence-electron chi connectivity index (χ3n) is 3.69. The molecule has 0 N–H and O–H groups in total. The second-order valence-corrected chi connectivity index (χ2v) is 6.77. The van der Waals surface area contributed by atoms with Crippen LogP contribution >= 0.6 is 22.6 Å². The van der Waals surface area contributed by atoms with E-state index in [4.69, 9.17) is 0 Å². The van der Waals surface area contributed by atoms with Gasteiger partial charge < -0.3 is 9.80 Å². The van der Waals surface area contributed by atoms with E-state index < -0.39 is 0 Å². The first-order valence-electron chi connectivity index (χ1n) is 7.33. The second kappa shape index (κ2) is 7.24. The first kappa shape index (κ1) is 16.3. The van der Waals surface area contributed by atoms with Crippen molar-refractivity contribution in [3.05, 3.63) is 33.4 Å². The number of halogens is 1. The quantitative estimate of drug-likeness (QED) is 0.717. The molecule has 0 aromatic heterocycles. The molecule has 4 nitrogen and oxygen atoms in total. The third kappa shape index (κ3) is 3.96. The van der Waals surface area contributed by atoms with Crippen molar-refractivity contribution in [3.8, 4) is 0 Å². The Balaban J connectivity index is 2.05. The Morgan fingerprint density at radius 1 is 1.05 bits per heavy atom. The van der Waals surface area contributed by atoms with Crippen molar-refractivity contribution in [1.82, 2.24) is 9.80 Å². The van der Waals surface area contributed by atoms with Gasteiger partial charge in [0, 0.05) is 35.7 Å². The first-order valence-corrected chi connectivity index (χ1v) is 8.41. The van der Waals surface area contributed by atoms with Crippen LogP contribution in [0.1, 0.15) is 30.6 Å². The Labute approximate surface area is 139 Å². The molecule has 0 spiro atoms. The number of nitrogens with zero attached hydrogens (tertiary/aromatic N) is 2. The lowest BCUT2D eigenvalue weighted by Gasteiger charge is -2.23. The zero-order valence-electron chi connectivity index (χ0n) is 12.5. The molecular formula is C16H21IN2O2. The van der Waals surface area contributed by atoms with Crippen LogP contribution in [-0.4, -0.2) is 47.8 Å². The standard InChI is InChI=1S/C16H21IN2O2/c1-12(2)15(20)18-8-5-9-19(11-10-18)16(21)13-6-3-4-7-14(13)17/h3-4,6-7,12H,5,8-11H2,1-2H3. The normalized spacial score (nSPS) is 16.0. The Morgan fingerprint density at radius 3 is 2.33 bits per heavy atom. The van der Waals surface area contributed by atoms with Crippen LogP contribution in [0.25, 0.3) is 0 Å². The molecule has 0 saturated carbocycles. The molecule has 1 aliphatic rings. The van der Waals surface area contributed by atoms with Crippen molar-refractivity contribution in [2.24, 2.45) is 5.92 Å². The fourth-order valence-electron chi connectivity index (χ4n) is 2.51. The average Bonchev–Trinajstić information content (AvgIpc) is 2.72. The van der Waals surface area contributed by atoms with E-state index in [1.54, 1.807) is 0 Å². The molecule has 0 atom stereocenters. The zero-order chi connectivity index (χ0) is 15.4. The van der Waals surface area contributed by atoms with Gasteiger partial charge in [0.1, 0.15) is 0 Å². The summed E-state index contributed by atoms with van der Waals surface area (Å²) in [5.41, 5.74) is 0.752. The molecule has 5 heteroatoms. The Morgan fingerprint density at radius 2 is 1.67 bits per heavy atom. The Hall–Kier alpha value is -1.11. The van der Waals surface area contributed by atoms with Gasteiger partial charge in [-0.15, -0.1) is 0 Å². The second-order valence-electron chi connectivity index (χ2n) is 5.61. The van der Waals surface area contributed by atoms with E-state index in [0.717, 1.165) is 22.1 Å². The molecule has 2 rings (SSSR count). The van der Waals surface area contributed by atoms with Crippen LogP contribution in [0.15, 0.2) is 24.3 Å². The summed E-state index contributed by atoms with van der Waals surface area (Å²) in [4.78, 5) is 28.4. The number of benzene rings is 1. The molecule has 1 heterocycles. The van der Waals surface area contributed by atoms with Gasteiger partial charge in [-0.2, -0.15) is 0 Å². The van der Waals surface area contributed by atoms with Gasteiger partial charge >= 0.3 is 0 Å². The maximum Gasteiger partial charge on any atom is 0.254 e. The predicted molar refractivity (Wildman–Crippen MR) is 91.1 cm³/mol. The highest BCUT2D eigenvalue weighted by atomic mass is 127. The van der Waals surface area contributed by atoms with Crippen molar-refractivity contribution >= 4 is 34.4 Å². The molecule has 0 radical (unpaired) electrons. The number of rotatable bonds is 2. The smallest absolute Gasteiger partial charge is 0.254 e. The van der Waals surface area contributed by atoms with Crippen molar-refractivity contribution < 1.29 is 9.59 Å². The van der Waals surface area contributed by atoms with Crippen LogP contribution in [0.2, 0.25) is 0 Å². The topological polar surface area (TPSA) is 40.6 Å². The Kier molecular flexibility index (Phi) is 5.61. The van der Waals surface area contributed by atoms with Gasteiger partial charge in [0.2, 0.25) is 5.91 Å². The van der Waals surface area contributed by atoms with Crippen molar-refractivity contribution in [2.75, 3.05) is 26.2 Å². The van der Waals surface area contributed by atoms with E-state index >= 15 is 0 Å². The molecule has 1 aromatic carbocycles.